The monoisotopic (exact) mass is 211 g/mol. The summed E-state index contributed by atoms with van der Waals surface area (Å²) in [5.74, 6) is 0. The largest absolute Gasteiger partial charge is 0.383 e. The number of nitrogens with one attached hydrogen (secondary N) is 1. The summed E-state index contributed by atoms with van der Waals surface area (Å²) in [6.07, 6.45) is 10.1. The quantitative estimate of drug-likeness (QED) is 0.654. The molecular formula is C13H25NO. The van der Waals surface area contributed by atoms with Crippen molar-refractivity contribution in [2.75, 3.05) is 20.3 Å². The average molecular weight is 211 g/mol. The van der Waals surface area contributed by atoms with E-state index in [9.17, 15) is 0 Å². The maximum Gasteiger partial charge on any atom is 0.0618 e. The second-order valence-electron chi connectivity index (χ2n) is 4.42. The predicted molar refractivity (Wildman–Crippen MR) is 65.1 cm³/mol. The van der Waals surface area contributed by atoms with Crippen molar-refractivity contribution in [3.05, 3.63) is 11.6 Å². The lowest BCUT2D eigenvalue weighted by molar-refractivity contribution is 0.165. The Kier molecular flexibility index (Phi) is 6.69. The van der Waals surface area contributed by atoms with Crippen molar-refractivity contribution in [2.45, 2.75) is 51.5 Å². The molecular weight excluding hydrogens is 186 g/mol. The van der Waals surface area contributed by atoms with Crippen LogP contribution in [0.1, 0.15) is 45.4 Å². The van der Waals surface area contributed by atoms with Crippen LogP contribution in [-0.2, 0) is 4.74 Å². The second-order valence-corrected chi connectivity index (χ2v) is 4.42. The third-order valence-electron chi connectivity index (χ3n) is 2.94. The smallest absolute Gasteiger partial charge is 0.0618 e. The molecule has 0 saturated heterocycles. The van der Waals surface area contributed by atoms with E-state index < -0.39 is 0 Å². The maximum atomic E-state index is 5.25. The molecule has 0 aromatic heterocycles. The Hall–Kier alpha value is -0.340. The van der Waals surface area contributed by atoms with Crippen LogP contribution in [0.5, 0.6) is 0 Å². The Morgan fingerprint density at radius 1 is 1.47 bits per heavy atom. The van der Waals surface area contributed by atoms with E-state index in [4.69, 9.17) is 4.74 Å². The molecule has 0 aromatic carbocycles. The second kappa shape index (κ2) is 7.89. The van der Waals surface area contributed by atoms with Gasteiger partial charge in [0.25, 0.3) is 0 Å². The minimum absolute atomic E-state index is 0.513. The Bertz CT molecular complexity index is 189. The predicted octanol–water partition coefficient (Wildman–Crippen LogP) is 2.89. The van der Waals surface area contributed by atoms with Crippen molar-refractivity contribution in [1.82, 2.24) is 5.32 Å². The molecule has 0 spiro atoms. The molecule has 1 rings (SSSR count). The van der Waals surface area contributed by atoms with Gasteiger partial charge in [-0.05, 0) is 45.1 Å². The molecule has 15 heavy (non-hydrogen) atoms. The van der Waals surface area contributed by atoms with Crippen LogP contribution >= 0.6 is 0 Å². The van der Waals surface area contributed by atoms with E-state index in [0.29, 0.717) is 6.04 Å². The molecule has 2 heteroatoms. The molecule has 0 saturated carbocycles. The molecule has 1 N–H and O–H groups in total. The van der Waals surface area contributed by atoms with Gasteiger partial charge in [-0.1, -0.05) is 18.6 Å². The molecule has 0 fully saturated rings. The van der Waals surface area contributed by atoms with Crippen LogP contribution in [0.25, 0.3) is 0 Å². The van der Waals surface area contributed by atoms with Gasteiger partial charge in [-0.25, -0.2) is 0 Å². The zero-order chi connectivity index (χ0) is 10.9. The van der Waals surface area contributed by atoms with E-state index in [2.05, 4.69) is 18.3 Å². The third-order valence-corrected chi connectivity index (χ3v) is 2.94. The SMILES string of the molecule is CCCNC(COC)CC1=CCCCC1. The van der Waals surface area contributed by atoms with E-state index in [1.54, 1.807) is 12.7 Å². The Morgan fingerprint density at radius 3 is 2.93 bits per heavy atom. The van der Waals surface area contributed by atoms with E-state index >= 15 is 0 Å². The summed E-state index contributed by atoms with van der Waals surface area (Å²) < 4.78 is 5.25. The average Bonchev–Trinajstić information content (AvgIpc) is 2.28. The molecule has 0 heterocycles. The zero-order valence-corrected chi connectivity index (χ0v) is 10.2. The Labute approximate surface area is 94.1 Å². The molecule has 88 valence electrons. The fourth-order valence-electron chi connectivity index (χ4n) is 2.15. The van der Waals surface area contributed by atoms with Gasteiger partial charge in [0.05, 0.1) is 6.61 Å². The fraction of sp³-hybridized carbons (Fsp3) is 0.846. The summed E-state index contributed by atoms with van der Waals surface area (Å²) in [6.45, 7) is 4.13. The number of methoxy groups -OCH3 is 1. The normalized spacial score (nSPS) is 18.7. The van der Waals surface area contributed by atoms with Gasteiger partial charge in [0.2, 0.25) is 0 Å². The molecule has 1 atom stereocenters. The summed E-state index contributed by atoms with van der Waals surface area (Å²) >= 11 is 0. The van der Waals surface area contributed by atoms with Gasteiger partial charge in [0.15, 0.2) is 0 Å². The molecule has 2 nitrogen and oxygen atoms in total. The van der Waals surface area contributed by atoms with E-state index in [1.807, 2.05) is 0 Å². The van der Waals surface area contributed by atoms with Gasteiger partial charge in [-0.3, -0.25) is 0 Å². The number of allylic oxidation sites excluding steroid dienone is 1. The first kappa shape index (κ1) is 12.7. The third kappa shape index (κ3) is 5.33. The lowest BCUT2D eigenvalue weighted by Crippen LogP contribution is -2.34. The van der Waals surface area contributed by atoms with Crippen LogP contribution in [0.15, 0.2) is 11.6 Å². The lowest BCUT2D eigenvalue weighted by atomic mass is 9.94. The number of rotatable bonds is 7. The van der Waals surface area contributed by atoms with Gasteiger partial charge in [0.1, 0.15) is 0 Å². The summed E-state index contributed by atoms with van der Waals surface area (Å²) in [4.78, 5) is 0. The first-order chi connectivity index (χ1) is 7.36. The highest BCUT2D eigenvalue weighted by Gasteiger charge is 2.11. The van der Waals surface area contributed by atoms with Crippen LogP contribution in [-0.4, -0.2) is 26.3 Å². The van der Waals surface area contributed by atoms with Crippen LogP contribution < -0.4 is 5.32 Å². The first-order valence-corrected chi connectivity index (χ1v) is 6.27. The fourth-order valence-corrected chi connectivity index (χ4v) is 2.15. The molecule has 0 bridgehead atoms. The van der Waals surface area contributed by atoms with E-state index in [-0.39, 0.29) is 0 Å². The Balaban J connectivity index is 2.31. The first-order valence-electron chi connectivity index (χ1n) is 6.27. The van der Waals surface area contributed by atoms with Crippen LogP contribution in [0, 0.1) is 0 Å². The highest BCUT2D eigenvalue weighted by atomic mass is 16.5. The molecule has 0 amide bonds. The van der Waals surface area contributed by atoms with Gasteiger partial charge in [0, 0.05) is 13.2 Å². The Morgan fingerprint density at radius 2 is 2.33 bits per heavy atom. The van der Waals surface area contributed by atoms with Crippen molar-refractivity contribution in [1.29, 1.82) is 0 Å². The number of ether oxygens (including phenoxy) is 1. The number of hydrogen-bond acceptors (Lipinski definition) is 2. The van der Waals surface area contributed by atoms with Crippen LogP contribution in [0.3, 0.4) is 0 Å². The maximum absolute atomic E-state index is 5.25. The van der Waals surface area contributed by atoms with Gasteiger partial charge < -0.3 is 10.1 Å². The standard InChI is InChI=1S/C13H25NO/c1-3-9-14-13(11-15-2)10-12-7-5-4-6-8-12/h7,13-14H,3-6,8-11H2,1-2H3. The summed E-state index contributed by atoms with van der Waals surface area (Å²) in [7, 11) is 1.79. The zero-order valence-electron chi connectivity index (χ0n) is 10.2. The van der Waals surface area contributed by atoms with Crippen LogP contribution in [0.2, 0.25) is 0 Å². The minimum atomic E-state index is 0.513. The van der Waals surface area contributed by atoms with Gasteiger partial charge in [-0.15, -0.1) is 0 Å². The van der Waals surface area contributed by atoms with Crippen molar-refractivity contribution >= 4 is 0 Å². The highest BCUT2D eigenvalue weighted by Crippen LogP contribution is 2.21. The molecule has 0 radical (unpaired) electrons. The van der Waals surface area contributed by atoms with Gasteiger partial charge >= 0.3 is 0 Å². The van der Waals surface area contributed by atoms with Crippen LogP contribution in [0.4, 0.5) is 0 Å². The van der Waals surface area contributed by atoms with Crippen molar-refractivity contribution in [2.24, 2.45) is 0 Å². The summed E-state index contributed by atoms with van der Waals surface area (Å²) in [6, 6.07) is 0.513. The minimum Gasteiger partial charge on any atom is -0.383 e. The molecule has 1 aliphatic carbocycles. The molecule has 0 aromatic rings. The van der Waals surface area contributed by atoms with Crippen molar-refractivity contribution < 1.29 is 4.74 Å². The molecule has 1 aliphatic rings. The molecule has 0 aliphatic heterocycles. The summed E-state index contributed by atoms with van der Waals surface area (Å²) in [5, 5.41) is 3.55. The highest BCUT2D eigenvalue weighted by molar-refractivity contribution is 5.07. The van der Waals surface area contributed by atoms with Crippen molar-refractivity contribution in [3.8, 4) is 0 Å². The number of hydrogen-bond donors (Lipinski definition) is 1. The van der Waals surface area contributed by atoms with Gasteiger partial charge in [-0.2, -0.15) is 0 Å². The van der Waals surface area contributed by atoms with E-state index in [1.165, 1.54) is 38.5 Å². The molecule has 1 unspecified atom stereocenters. The topological polar surface area (TPSA) is 21.3 Å². The van der Waals surface area contributed by atoms with Crippen molar-refractivity contribution in [3.63, 3.8) is 0 Å². The van der Waals surface area contributed by atoms with E-state index in [0.717, 1.165) is 13.2 Å². The summed E-state index contributed by atoms with van der Waals surface area (Å²) in [5.41, 5.74) is 1.63. The lowest BCUT2D eigenvalue weighted by Gasteiger charge is -2.21.